The second-order valence-corrected chi connectivity index (χ2v) is 19.8. The minimum Gasteiger partial charge on any atom is -0.456 e. The maximum atomic E-state index is 6.58. The van der Waals surface area contributed by atoms with Gasteiger partial charge in [0.2, 0.25) is 0 Å². The van der Waals surface area contributed by atoms with Crippen LogP contribution in [-0.2, 0) is 5.41 Å². The summed E-state index contributed by atoms with van der Waals surface area (Å²) in [6, 6.07) is 83.0. The fourth-order valence-corrected chi connectivity index (χ4v) is 11.8. The molecule has 14 aromatic rings. The van der Waals surface area contributed by atoms with Crippen molar-refractivity contribution in [3.63, 3.8) is 0 Å². The first-order valence-electron chi connectivity index (χ1n) is 24.7. The molecule has 4 aromatic heterocycles. The summed E-state index contributed by atoms with van der Waals surface area (Å²) in [4.78, 5) is 10.4. The number of fused-ring (bicyclic) bond motifs is 12. The Labute approximate surface area is 415 Å². The predicted octanol–water partition coefficient (Wildman–Crippen LogP) is 17.5. The zero-order valence-electron chi connectivity index (χ0n) is 39.6. The van der Waals surface area contributed by atoms with E-state index >= 15 is 0 Å². The fourth-order valence-electron chi connectivity index (χ4n) is 11.8. The van der Waals surface area contributed by atoms with E-state index in [1.54, 1.807) is 0 Å². The van der Waals surface area contributed by atoms with Gasteiger partial charge in [0.25, 0.3) is 0 Å². The summed E-state index contributed by atoms with van der Waals surface area (Å²) in [5, 5.41) is 7.01. The Hall–Kier alpha value is -9.32. The molecule has 72 heavy (non-hydrogen) atoms. The maximum Gasteiger partial charge on any atom is 0.160 e. The minimum absolute atomic E-state index is 0.111. The fraction of sp³-hybridized carbons (Fsp3) is 0.0448. The lowest BCUT2D eigenvalue weighted by Gasteiger charge is -2.21. The Morgan fingerprint density at radius 1 is 0.333 bits per heavy atom. The molecule has 5 nitrogen and oxygen atoms in total. The average Bonchev–Trinajstić information content (AvgIpc) is 4.14. The second-order valence-electron chi connectivity index (χ2n) is 19.8. The summed E-state index contributed by atoms with van der Waals surface area (Å²) in [5.41, 5.74) is 20.9. The highest BCUT2D eigenvalue weighted by molar-refractivity contribution is 6.18. The summed E-state index contributed by atoms with van der Waals surface area (Å²) < 4.78 is 11.4. The van der Waals surface area contributed by atoms with Gasteiger partial charge in [0, 0.05) is 71.9 Å². The van der Waals surface area contributed by atoms with E-state index in [4.69, 9.17) is 14.4 Å². The van der Waals surface area contributed by atoms with Crippen LogP contribution < -0.4 is 0 Å². The normalized spacial score (nSPS) is 13.0. The molecule has 0 bridgehead atoms. The molecule has 1 aliphatic carbocycles. The number of hydrogen-bond donors (Lipinski definition) is 0. The molecule has 5 heteroatoms. The van der Waals surface area contributed by atoms with E-state index in [1.807, 2.05) is 18.2 Å². The monoisotopic (exact) mass is 920 g/mol. The first-order valence-corrected chi connectivity index (χ1v) is 24.7. The second kappa shape index (κ2) is 15.3. The van der Waals surface area contributed by atoms with E-state index in [9.17, 15) is 0 Å². The third-order valence-electron chi connectivity index (χ3n) is 15.3. The number of rotatable bonds is 6. The number of aromatic nitrogens is 4. The molecule has 338 valence electrons. The molecule has 0 aliphatic heterocycles. The van der Waals surface area contributed by atoms with Crippen molar-refractivity contribution in [3.8, 4) is 67.5 Å². The van der Waals surface area contributed by atoms with Crippen molar-refractivity contribution in [2.75, 3.05) is 0 Å². The Bertz CT molecular complexity index is 4460. The van der Waals surface area contributed by atoms with Crippen molar-refractivity contribution in [3.05, 3.63) is 242 Å². The van der Waals surface area contributed by atoms with Gasteiger partial charge in [0.05, 0.1) is 33.5 Å². The molecular weight excluding hydrogens is 877 g/mol. The van der Waals surface area contributed by atoms with E-state index in [1.165, 1.54) is 49.6 Å². The van der Waals surface area contributed by atoms with Crippen LogP contribution in [0, 0.1) is 0 Å². The highest BCUT2D eigenvalue weighted by Gasteiger charge is 2.36. The van der Waals surface area contributed by atoms with Gasteiger partial charge in [-0.3, -0.25) is 0 Å². The summed E-state index contributed by atoms with van der Waals surface area (Å²) in [6.45, 7) is 4.73. The lowest BCUT2D eigenvalue weighted by molar-refractivity contribution is 0.661. The Balaban J connectivity index is 0.935. The van der Waals surface area contributed by atoms with Crippen molar-refractivity contribution < 1.29 is 4.42 Å². The Morgan fingerprint density at radius 2 is 0.889 bits per heavy atom. The minimum atomic E-state index is -0.111. The van der Waals surface area contributed by atoms with Crippen LogP contribution in [0.2, 0.25) is 0 Å². The summed E-state index contributed by atoms with van der Waals surface area (Å²) in [7, 11) is 0. The molecule has 1 aliphatic rings. The van der Waals surface area contributed by atoms with Crippen molar-refractivity contribution >= 4 is 65.6 Å². The number of nitrogens with zero attached hydrogens (tertiary/aromatic N) is 4. The van der Waals surface area contributed by atoms with Crippen LogP contribution in [0.25, 0.3) is 133 Å². The molecule has 0 N–H and O–H groups in total. The van der Waals surface area contributed by atoms with Crippen LogP contribution in [-0.4, -0.2) is 19.1 Å². The molecule has 0 unspecified atom stereocenters. The zero-order valence-corrected chi connectivity index (χ0v) is 39.6. The smallest absolute Gasteiger partial charge is 0.160 e. The molecule has 0 atom stereocenters. The predicted molar refractivity (Wildman–Crippen MR) is 297 cm³/mol. The van der Waals surface area contributed by atoms with Gasteiger partial charge in [-0.15, -0.1) is 0 Å². The maximum absolute atomic E-state index is 6.58. The molecule has 0 saturated heterocycles. The van der Waals surface area contributed by atoms with Gasteiger partial charge in [0.1, 0.15) is 11.2 Å². The lowest BCUT2D eigenvalue weighted by atomic mass is 9.82. The third kappa shape index (κ3) is 6.07. The van der Waals surface area contributed by atoms with Crippen LogP contribution in [0.3, 0.4) is 0 Å². The van der Waals surface area contributed by atoms with E-state index in [0.717, 1.165) is 88.8 Å². The van der Waals surface area contributed by atoms with Gasteiger partial charge in [-0.05, 0) is 112 Å². The van der Waals surface area contributed by atoms with Crippen LogP contribution in [0.15, 0.2) is 235 Å². The average molecular weight is 921 g/mol. The third-order valence-corrected chi connectivity index (χ3v) is 15.3. The van der Waals surface area contributed by atoms with Crippen molar-refractivity contribution in [1.29, 1.82) is 0 Å². The highest BCUT2D eigenvalue weighted by atomic mass is 16.3. The van der Waals surface area contributed by atoms with Crippen molar-refractivity contribution in [1.82, 2.24) is 19.1 Å². The first kappa shape index (κ1) is 40.6. The summed E-state index contributed by atoms with van der Waals surface area (Å²) >= 11 is 0. The van der Waals surface area contributed by atoms with Crippen molar-refractivity contribution in [2.24, 2.45) is 0 Å². The van der Waals surface area contributed by atoms with Crippen LogP contribution in [0.5, 0.6) is 0 Å². The van der Waals surface area contributed by atoms with E-state index < -0.39 is 0 Å². The molecule has 0 saturated carbocycles. The molecule has 0 fully saturated rings. The van der Waals surface area contributed by atoms with Gasteiger partial charge in [0.15, 0.2) is 5.82 Å². The standard InChI is InChI=1S/C67H44N4O/c1-67(2)56-27-14-12-25-48(56)50-36-53-51-34-43(29-31-60(51)70(62(53)38-57(50)67)46-22-10-5-11-23-46)44-30-32-61-52(35-44)54-37-55-49-26-13-15-28-64(49)72-65(55)40-63(54)71(61)47-24-16-21-45(33-47)66-68-58(41-17-6-3-7-18-41)39-59(69-66)42-19-8-4-9-20-42/h3-40H,1-2H3. The van der Waals surface area contributed by atoms with Gasteiger partial charge >= 0.3 is 0 Å². The van der Waals surface area contributed by atoms with E-state index in [-0.39, 0.29) is 5.41 Å². The molecule has 0 spiro atoms. The van der Waals surface area contributed by atoms with Gasteiger partial charge in [-0.25, -0.2) is 9.97 Å². The number of furan rings is 1. The van der Waals surface area contributed by atoms with E-state index in [0.29, 0.717) is 5.82 Å². The number of hydrogen-bond acceptors (Lipinski definition) is 3. The molecule has 0 amide bonds. The molecule has 10 aromatic carbocycles. The Morgan fingerprint density at radius 3 is 1.60 bits per heavy atom. The largest absolute Gasteiger partial charge is 0.456 e. The van der Waals surface area contributed by atoms with Crippen molar-refractivity contribution in [2.45, 2.75) is 19.3 Å². The zero-order chi connectivity index (χ0) is 47.7. The van der Waals surface area contributed by atoms with Gasteiger partial charge in [-0.2, -0.15) is 0 Å². The summed E-state index contributed by atoms with van der Waals surface area (Å²) in [6.07, 6.45) is 0. The topological polar surface area (TPSA) is 48.8 Å². The summed E-state index contributed by atoms with van der Waals surface area (Å²) in [5.74, 6) is 0.668. The molecule has 0 radical (unpaired) electrons. The molecular formula is C67H44N4O. The number of para-hydroxylation sites is 2. The quantitative estimate of drug-likeness (QED) is 0.167. The molecule has 15 rings (SSSR count). The van der Waals surface area contributed by atoms with Crippen LogP contribution in [0.4, 0.5) is 0 Å². The SMILES string of the molecule is CC1(C)c2ccccc2-c2cc3c4cc(-c5ccc6c(c5)c5cc7c(cc5n6-c5cccc(-c6nc(-c8ccccc8)cc(-c8ccccc8)n6)c5)oc5ccccc57)ccc4n(-c4ccccc4)c3cc21. The lowest BCUT2D eigenvalue weighted by Crippen LogP contribution is -2.14. The Kier molecular flexibility index (Phi) is 8.64. The van der Waals surface area contributed by atoms with Gasteiger partial charge < -0.3 is 13.6 Å². The number of benzene rings is 10. The van der Waals surface area contributed by atoms with E-state index in [2.05, 4.69) is 235 Å². The van der Waals surface area contributed by atoms with Crippen LogP contribution in [0.1, 0.15) is 25.0 Å². The first-order chi connectivity index (χ1) is 35.4. The van der Waals surface area contributed by atoms with Crippen LogP contribution >= 0.6 is 0 Å². The highest BCUT2D eigenvalue weighted by Crippen LogP contribution is 2.51. The molecule has 4 heterocycles. The van der Waals surface area contributed by atoms with Gasteiger partial charge in [-0.1, -0.05) is 159 Å².